The number of anilines is 2. The van der Waals surface area contributed by atoms with Gasteiger partial charge in [-0.25, -0.2) is 9.37 Å². The molecule has 2 aromatic rings. The first-order chi connectivity index (χ1) is 12.3. The molecule has 1 heterocycles. The van der Waals surface area contributed by atoms with Gasteiger partial charge in [-0.15, -0.1) is 0 Å². The molecule has 4 nitrogen and oxygen atoms in total. The van der Waals surface area contributed by atoms with E-state index >= 15 is 0 Å². The molecule has 0 unspecified atom stereocenters. The summed E-state index contributed by atoms with van der Waals surface area (Å²) in [4.78, 5) is 19.0. The van der Waals surface area contributed by atoms with Crippen LogP contribution in [-0.4, -0.2) is 17.4 Å². The smallest absolute Gasteiger partial charge is 0.232 e. The van der Waals surface area contributed by atoms with Crippen LogP contribution in [0.25, 0.3) is 0 Å². The largest absolute Gasteiger partial charge is 0.370 e. The lowest BCUT2D eigenvalue weighted by atomic mass is 9.94. The molecule has 1 saturated carbocycles. The van der Waals surface area contributed by atoms with Crippen molar-refractivity contribution in [2.45, 2.75) is 40.2 Å². The van der Waals surface area contributed by atoms with E-state index in [0.717, 1.165) is 23.8 Å². The molecule has 1 aliphatic rings. The minimum atomic E-state index is -0.534. The Kier molecular flexibility index (Phi) is 5.25. The van der Waals surface area contributed by atoms with Gasteiger partial charge in [0.05, 0.1) is 6.54 Å². The van der Waals surface area contributed by atoms with E-state index in [0.29, 0.717) is 12.2 Å². The molecule has 1 aromatic heterocycles. The van der Waals surface area contributed by atoms with E-state index in [-0.39, 0.29) is 11.7 Å². The van der Waals surface area contributed by atoms with Crippen LogP contribution in [0.4, 0.5) is 15.9 Å². The summed E-state index contributed by atoms with van der Waals surface area (Å²) in [7, 11) is 0. The maximum atomic E-state index is 13.3. The Hall–Kier alpha value is -2.43. The van der Waals surface area contributed by atoms with Gasteiger partial charge in [0.25, 0.3) is 0 Å². The fraction of sp³-hybridized carbons (Fsp3) is 0.429. The molecule has 1 aliphatic carbocycles. The molecule has 1 fully saturated rings. The van der Waals surface area contributed by atoms with Crippen molar-refractivity contribution in [3.05, 3.63) is 54.0 Å². The van der Waals surface area contributed by atoms with Crippen LogP contribution < -0.4 is 10.2 Å². The number of amides is 1. The Morgan fingerprint density at radius 1 is 1.19 bits per heavy atom. The molecule has 1 aromatic carbocycles. The average Bonchev–Trinajstić information content (AvgIpc) is 3.43. The maximum Gasteiger partial charge on any atom is 0.232 e. The van der Waals surface area contributed by atoms with E-state index in [9.17, 15) is 9.18 Å². The molecule has 1 N–H and O–H groups in total. The molecule has 0 aliphatic heterocycles. The highest BCUT2D eigenvalue weighted by Gasteiger charge is 2.28. The van der Waals surface area contributed by atoms with Gasteiger partial charge in [-0.05, 0) is 54.7 Å². The lowest BCUT2D eigenvalue weighted by Gasteiger charge is -2.29. The average molecular weight is 355 g/mol. The Morgan fingerprint density at radius 2 is 1.88 bits per heavy atom. The van der Waals surface area contributed by atoms with E-state index in [4.69, 9.17) is 0 Å². The maximum absolute atomic E-state index is 13.3. The highest BCUT2D eigenvalue weighted by atomic mass is 19.1. The Bertz CT molecular complexity index is 746. The summed E-state index contributed by atoms with van der Waals surface area (Å²) in [6.07, 6.45) is 4.39. The number of nitrogens with one attached hydrogen (secondary N) is 1. The number of carbonyl (C=O) groups is 1. The van der Waals surface area contributed by atoms with E-state index in [1.807, 2.05) is 32.9 Å². The van der Waals surface area contributed by atoms with Gasteiger partial charge >= 0.3 is 0 Å². The minimum absolute atomic E-state index is 0.0138. The van der Waals surface area contributed by atoms with Crippen LogP contribution in [0.5, 0.6) is 0 Å². The minimum Gasteiger partial charge on any atom is -0.370 e. The number of nitrogens with zero attached hydrogens (tertiary/aromatic N) is 2. The van der Waals surface area contributed by atoms with Crippen LogP contribution in [-0.2, 0) is 11.3 Å². The number of hydrogen-bond acceptors (Lipinski definition) is 3. The third-order valence-corrected chi connectivity index (χ3v) is 4.46. The predicted molar refractivity (Wildman–Crippen MR) is 102 cm³/mol. The first-order valence-corrected chi connectivity index (χ1v) is 9.09. The SMILES string of the molecule is CC(C)(C)C(=O)N(Cc1ccc(NCC2CC2)nc1)c1ccc(F)cc1. The monoisotopic (exact) mass is 355 g/mol. The number of hydrogen-bond donors (Lipinski definition) is 1. The van der Waals surface area contributed by atoms with E-state index in [2.05, 4.69) is 10.3 Å². The summed E-state index contributed by atoms with van der Waals surface area (Å²) in [6, 6.07) is 9.95. The van der Waals surface area contributed by atoms with Gasteiger partial charge in [0.1, 0.15) is 11.6 Å². The highest BCUT2D eigenvalue weighted by molar-refractivity contribution is 5.96. The Labute approximate surface area is 154 Å². The topological polar surface area (TPSA) is 45.2 Å². The highest BCUT2D eigenvalue weighted by Crippen LogP contribution is 2.29. The van der Waals surface area contributed by atoms with Gasteiger partial charge in [0.15, 0.2) is 0 Å². The molecule has 0 radical (unpaired) electrons. The normalized spacial score (nSPS) is 14.2. The van der Waals surface area contributed by atoms with Crippen molar-refractivity contribution in [2.75, 3.05) is 16.8 Å². The summed E-state index contributed by atoms with van der Waals surface area (Å²) in [6.45, 7) is 7.02. The number of pyridine rings is 1. The third kappa shape index (κ3) is 4.81. The van der Waals surface area contributed by atoms with Crippen LogP contribution in [0.3, 0.4) is 0 Å². The zero-order valence-electron chi connectivity index (χ0n) is 15.6. The molecule has 0 atom stereocenters. The third-order valence-electron chi connectivity index (χ3n) is 4.46. The molecule has 26 heavy (non-hydrogen) atoms. The van der Waals surface area contributed by atoms with Crippen molar-refractivity contribution >= 4 is 17.4 Å². The first kappa shape index (κ1) is 18.4. The zero-order valence-corrected chi connectivity index (χ0v) is 15.6. The molecule has 138 valence electrons. The van der Waals surface area contributed by atoms with Gasteiger partial charge < -0.3 is 10.2 Å². The zero-order chi connectivity index (χ0) is 18.7. The molecular weight excluding hydrogens is 329 g/mol. The fourth-order valence-corrected chi connectivity index (χ4v) is 2.68. The number of benzene rings is 1. The van der Waals surface area contributed by atoms with Crippen molar-refractivity contribution in [3.8, 4) is 0 Å². The summed E-state index contributed by atoms with van der Waals surface area (Å²) in [5.41, 5.74) is 1.08. The number of halogens is 1. The second kappa shape index (κ2) is 7.44. The number of carbonyl (C=O) groups excluding carboxylic acids is 1. The van der Waals surface area contributed by atoms with Crippen LogP contribution in [0.1, 0.15) is 39.2 Å². The predicted octanol–water partition coefficient (Wildman–Crippen LogP) is 4.62. The van der Waals surface area contributed by atoms with E-state index in [1.165, 1.54) is 25.0 Å². The van der Waals surface area contributed by atoms with Crippen LogP contribution in [0.15, 0.2) is 42.6 Å². The van der Waals surface area contributed by atoms with Crippen molar-refractivity contribution in [1.82, 2.24) is 4.98 Å². The lowest BCUT2D eigenvalue weighted by molar-refractivity contribution is -0.125. The number of rotatable bonds is 6. The van der Waals surface area contributed by atoms with Crippen molar-refractivity contribution in [2.24, 2.45) is 11.3 Å². The fourth-order valence-electron chi connectivity index (χ4n) is 2.68. The molecule has 0 saturated heterocycles. The molecule has 1 amide bonds. The summed E-state index contributed by atoms with van der Waals surface area (Å²) in [5, 5.41) is 3.34. The van der Waals surface area contributed by atoms with Gasteiger partial charge in [0, 0.05) is 23.8 Å². The summed E-state index contributed by atoms with van der Waals surface area (Å²) < 4.78 is 13.3. The van der Waals surface area contributed by atoms with Gasteiger partial charge in [-0.2, -0.15) is 0 Å². The quantitative estimate of drug-likeness (QED) is 0.822. The van der Waals surface area contributed by atoms with E-state index < -0.39 is 5.41 Å². The van der Waals surface area contributed by atoms with Crippen LogP contribution in [0, 0.1) is 17.2 Å². The Morgan fingerprint density at radius 3 is 2.42 bits per heavy atom. The number of aromatic nitrogens is 1. The van der Waals surface area contributed by atoms with Crippen molar-refractivity contribution in [1.29, 1.82) is 0 Å². The first-order valence-electron chi connectivity index (χ1n) is 9.09. The van der Waals surface area contributed by atoms with Gasteiger partial charge in [-0.1, -0.05) is 26.8 Å². The summed E-state index contributed by atoms with van der Waals surface area (Å²) in [5.74, 6) is 1.32. The summed E-state index contributed by atoms with van der Waals surface area (Å²) >= 11 is 0. The van der Waals surface area contributed by atoms with Crippen molar-refractivity contribution in [3.63, 3.8) is 0 Å². The van der Waals surface area contributed by atoms with Crippen molar-refractivity contribution < 1.29 is 9.18 Å². The molecular formula is C21H26FN3O. The van der Waals surface area contributed by atoms with Crippen LogP contribution in [0.2, 0.25) is 0 Å². The molecule has 0 bridgehead atoms. The second-order valence-corrected chi connectivity index (χ2v) is 7.99. The second-order valence-electron chi connectivity index (χ2n) is 7.99. The van der Waals surface area contributed by atoms with Gasteiger partial charge in [-0.3, -0.25) is 4.79 Å². The molecule has 5 heteroatoms. The lowest BCUT2D eigenvalue weighted by Crippen LogP contribution is -2.39. The van der Waals surface area contributed by atoms with Gasteiger partial charge in [0.2, 0.25) is 5.91 Å². The van der Waals surface area contributed by atoms with Crippen LogP contribution >= 0.6 is 0 Å². The Balaban J connectivity index is 1.76. The standard InChI is InChI=1S/C21H26FN3O/c1-21(2,3)20(26)25(18-9-7-17(22)8-10-18)14-16-6-11-19(24-13-16)23-12-15-4-5-15/h6-11,13,15H,4-5,12,14H2,1-3H3,(H,23,24). The molecule has 3 rings (SSSR count). The van der Waals surface area contributed by atoms with E-state index in [1.54, 1.807) is 23.2 Å². The molecule has 0 spiro atoms.